The first-order chi connectivity index (χ1) is 8.88. The van der Waals surface area contributed by atoms with Crippen molar-refractivity contribution >= 4 is 17.8 Å². The molecule has 1 aliphatic heterocycles. The maximum atomic E-state index is 12.0. The molecule has 6 heteroatoms. The van der Waals surface area contributed by atoms with Crippen LogP contribution in [0.25, 0.3) is 0 Å². The number of urea groups is 1. The number of aliphatic carboxylic acids is 1. The second-order valence-electron chi connectivity index (χ2n) is 5.81. The smallest absolute Gasteiger partial charge is 0.317 e. The Kier molecular flexibility index (Phi) is 3.78. The molecule has 19 heavy (non-hydrogen) atoms. The minimum Gasteiger partial charge on any atom is -0.481 e. The molecule has 2 aliphatic rings. The highest BCUT2D eigenvalue weighted by Gasteiger charge is 2.44. The summed E-state index contributed by atoms with van der Waals surface area (Å²) in [6, 6.07) is -0.108. The monoisotopic (exact) mass is 268 g/mol. The van der Waals surface area contributed by atoms with Gasteiger partial charge in [0.2, 0.25) is 0 Å². The lowest BCUT2D eigenvalue weighted by Gasteiger charge is -2.42. The van der Waals surface area contributed by atoms with Crippen LogP contribution in [0.4, 0.5) is 4.79 Å². The number of likely N-dealkylation sites (tertiary alicyclic amines) is 1. The van der Waals surface area contributed by atoms with Crippen molar-refractivity contribution in [3.05, 3.63) is 0 Å². The normalized spacial score (nSPS) is 30.4. The number of carbonyl (C=O) groups is 3. The van der Waals surface area contributed by atoms with Crippen LogP contribution in [0.3, 0.4) is 0 Å². The summed E-state index contributed by atoms with van der Waals surface area (Å²) < 4.78 is 0. The molecule has 2 atom stereocenters. The zero-order valence-electron chi connectivity index (χ0n) is 11.3. The molecule has 2 fully saturated rings. The van der Waals surface area contributed by atoms with Crippen LogP contribution in [0.15, 0.2) is 0 Å². The van der Waals surface area contributed by atoms with Gasteiger partial charge in [0.15, 0.2) is 0 Å². The van der Waals surface area contributed by atoms with Crippen LogP contribution >= 0.6 is 0 Å². The Bertz CT molecular complexity index is 389. The number of ketones is 1. The summed E-state index contributed by atoms with van der Waals surface area (Å²) in [5, 5.41) is 11.9. The summed E-state index contributed by atoms with van der Waals surface area (Å²) >= 11 is 0. The fourth-order valence-corrected chi connectivity index (χ4v) is 2.99. The first-order valence-corrected chi connectivity index (χ1v) is 6.70. The van der Waals surface area contributed by atoms with E-state index in [-0.39, 0.29) is 29.7 Å². The van der Waals surface area contributed by atoms with Gasteiger partial charge in [0.1, 0.15) is 5.78 Å². The number of hydrogen-bond donors (Lipinski definition) is 2. The summed E-state index contributed by atoms with van der Waals surface area (Å²) in [6.45, 7) is 4.46. The van der Waals surface area contributed by atoms with Crippen molar-refractivity contribution < 1.29 is 19.5 Å². The van der Waals surface area contributed by atoms with E-state index in [0.29, 0.717) is 25.9 Å². The van der Waals surface area contributed by atoms with E-state index in [2.05, 4.69) is 5.32 Å². The molecule has 0 aromatic rings. The number of Topliss-reactive ketones (excluding diaryl/α,β-unsaturated/α-hetero) is 1. The first kappa shape index (κ1) is 13.8. The number of nitrogens with zero attached hydrogens (tertiary/aromatic N) is 1. The summed E-state index contributed by atoms with van der Waals surface area (Å²) in [4.78, 5) is 36.7. The summed E-state index contributed by atoms with van der Waals surface area (Å²) in [7, 11) is 0. The Morgan fingerprint density at radius 1 is 1.26 bits per heavy atom. The number of fused-ring (bicyclic) bond motifs is 2. The molecule has 2 unspecified atom stereocenters. The number of rotatable bonds is 2. The lowest BCUT2D eigenvalue weighted by atomic mass is 9.71. The zero-order chi connectivity index (χ0) is 14.2. The number of carboxylic acid groups (broad SMARTS) is 1. The quantitative estimate of drug-likeness (QED) is 0.772. The molecule has 1 saturated carbocycles. The fraction of sp³-hybridized carbons (Fsp3) is 0.769. The highest BCUT2D eigenvalue weighted by atomic mass is 16.4. The summed E-state index contributed by atoms with van der Waals surface area (Å²) in [5.41, 5.74) is 0. The molecule has 106 valence electrons. The summed E-state index contributed by atoms with van der Waals surface area (Å²) in [5.74, 6) is -1.77. The van der Waals surface area contributed by atoms with E-state index in [1.807, 2.05) is 13.8 Å². The third-order valence-corrected chi connectivity index (χ3v) is 3.87. The van der Waals surface area contributed by atoms with Crippen LogP contribution in [-0.2, 0) is 9.59 Å². The molecule has 1 saturated heterocycles. The van der Waals surface area contributed by atoms with Crippen LogP contribution in [0, 0.1) is 17.8 Å². The van der Waals surface area contributed by atoms with Crippen LogP contribution in [0.1, 0.15) is 26.7 Å². The highest BCUT2D eigenvalue weighted by molar-refractivity contribution is 5.89. The molecule has 0 radical (unpaired) electrons. The predicted octanol–water partition coefficient (Wildman–Crippen LogP) is 0.716. The van der Waals surface area contributed by atoms with E-state index < -0.39 is 11.9 Å². The molecular weight excluding hydrogens is 248 g/mol. The van der Waals surface area contributed by atoms with Gasteiger partial charge in [-0.05, 0) is 26.7 Å². The van der Waals surface area contributed by atoms with Gasteiger partial charge in [-0.2, -0.15) is 0 Å². The van der Waals surface area contributed by atoms with Crippen LogP contribution in [0.5, 0.6) is 0 Å². The second kappa shape index (κ2) is 5.19. The number of hydrogen-bond acceptors (Lipinski definition) is 3. The van der Waals surface area contributed by atoms with Gasteiger partial charge in [-0.25, -0.2) is 4.79 Å². The fourth-order valence-electron chi connectivity index (χ4n) is 2.99. The number of piperidine rings is 1. The van der Waals surface area contributed by atoms with Gasteiger partial charge < -0.3 is 15.3 Å². The Morgan fingerprint density at radius 3 is 2.21 bits per heavy atom. The molecule has 2 N–H and O–H groups in total. The number of amides is 2. The van der Waals surface area contributed by atoms with E-state index in [9.17, 15) is 14.4 Å². The largest absolute Gasteiger partial charge is 0.481 e. The molecule has 0 spiro atoms. The van der Waals surface area contributed by atoms with E-state index in [1.165, 1.54) is 0 Å². The molecular formula is C13H20N2O4. The number of carbonyl (C=O) groups excluding carboxylic acids is 2. The van der Waals surface area contributed by atoms with Crippen molar-refractivity contribution in [1.29, 1.82) is 0 Å². The maximum absolute atomic E-state index is 12.0. The van der Waals surface area contributed by atoms with Gasteiger partial charge >= 0.3 is 12.0 Å². The third kappa shape index (κ3) is 2.88. The van der Waals surface area contributed by atoms with Crippen molar-refractivity contribution in [3.8, 4) is 0 Å². The lowest BCUT2D eigenvalue weighted by molar-refractivity contribution is -0.148. The molecule has 1 aliphatic carbocycles. The third-order valence-electron chi connectivity index (χ3n) is 3.87. The Morgan fingerprint density at radius 2 is 1.79 bits per heavy atom. The average Bonchev–Trinajstić information content (AvgIpc) is 2.26. The molecule has 6 nitrogen and oxygen atoms in total. The molecule has 0 aromatic heterocycles. The van der Waals surface area contributed by atoms with Gasteiger partial charge in [-0.3, -0.25) is 9.59 Å². The Labute approximate surface area is 112 Å². The van der Waals surface area contributed by atoms with E-state index in [4.69, 9.17) is 5.11 Å². The van der Waals surface area contributed by atoms with E-state index >= 15 is 0 Å². The highest BCUT2D eigenvalue weighted by Crippen LogP contribution is 2.35. The van der Waals surface area contributed by atoms with Crippen molar-refractivity contribution in [1.82, 2.24) is 10.2 Å². The Balaban J connectivity index is 2.04. The first-order valence-electron chi connectivity index (χ1n) is 6.70. The average molecular weight is 268 g/mol. The molecule has 1 heterocycles. The number of nitrogens with one attached hydrogen (secondary N) is 1. The van der Waals surface area contributed by atoms with Crippen LogP contribution in [-0.4, -0.2) is 46.9 Å². The van der Waals surface area contributed by atoms with Crippen LogP contribution in [0.2, 0.25) is 0 Å². The Hall–Kier alpha value is -1.59. The van der Waals surface area contributed by atoms with E-state index in [1.54, 1.807) is 4.90 Å². The molecule has 2 amide bonds. The van der Waals surface area contributed by atoms with E-state index in [0.717, 1.165) is 0 Å². The van der Waals surface area contributed by atoms with Gasteiger partial charge in [-0.1, -0.05) is 0 Å². The van der Waals surface area contributed by atoms with Crippen molar-refractivity contribution in [3.63, 3.8) is 0 Å². The topological polar surface area (TPSA) is 86.7 Å². The standard InChI is InChI=1S/C13H20N2O4/c1-7(2)14-13(19)15-5-9-3-8(12(17)18)4-10(6-15)11(9)16/h7-10H,3-6H2,1-2H3,(H,14,19)(H,17,18). The molecule has 2 rings (SSSR count). The minimum absolute atomic E-state index is 0.0525. The van der Waals surface area contributed by atoms with Crippen LogP contribution < -0.4 is 5.32 Å². The number of carboxylic acids is 1. The van der Waals surface area contributed by atoms with Crippen molar-refractivity contribution in [2.24, 2.45) is 17.8 Å². The zero-order valence-corrected chi connectivity index (χ0v) is 11.3. The van der Waals surface area contributed by atoms with Gasteiger partial charge in [0.05, 0.1) is 5.92 Å². The van der Waals surface area contributed by atoms with Crippen molar-refractivity contribution in [2.45, 2.75) is 32.7 Å². The SMILES string of the molecule is CC(C)NC(=O)N1CC2CC(C(=O)O)CC(C1)C2=O. The lowest BCUT2D eigenvalue weighted by Crippen LogP contribution is -2.56. The van der Waals surface area contributed by atoms with Gasteiger partial charge in [-0.15, -0.1) is 0 Å². The maximum Gasteiger partial charge on any atom is 0.317 e. The summed E-state index contributed by atoms with van der Waals surface area (Å²) in [6.07, 6.45) is 0.715. The molecule has 0 aromatic carbocycles. The minimum atomic E-state index is -0.831. The predicted molar refractivity (Wildman–Crippen MR) is 67.6 cm³/mol. The van der Waals surface area contributed by atoms with Crippen molar-refractivity contribution in [2.75, 3.05) is 13.1 Å². The van der Waals surface area contributed by atoms with Gasteiger partial charge in [0.25, 0.3) is 0 Å². The second-order valence-corrected chi connectivity index (χ2v) is 5.81. The van der Waals surface area contributed by atoms with Gasteiger partial charge in [0, 0.05) is 31.0 Å². The molecule has 2 bridgehead atoms.